The number of hydrogen-bond donors (Lipinski definition) is 6. The molecule has 34 heavy (non-hydrogen) atoms. The third kappa shape index (κ3) is 4.59. The molecule has 0 unspecified atom stereocenters. The van der Waals surface area contributed by atoms with Crippen LogP contribution in [0.5, 0.6) is 0 Å². The molecule has 0 atom stereocenters. The van der Waals surface area contributed by atoms with E-state index in [0.29, 0.717) is 39.9 Å². The van der Waals surface area contributed by atoms with E-state index in [9.17, 15) is 18.2 Å². The van der Waals surface area contributed by atoms with Crippen molar-refractivity contribution < 1.29 is 18.2 Å². The Morgan fingerprint density at radius 1 is 1.06 bits per heavy atom. The van der Waals surface area contributed by atoms with Crippen molar-refractivity contribution in [3.63, 3.8) is 0 Å². The number of aryl methyl sites for hydroxylation is 1. The summed E-state index contributed by atoms with van der Waals surface area (Å²) in [5, 5.41) is 5.37. The number of nitrogens with zero attached hydrogens (tertiary/aromatic N) is 2. The molecule has 186 valence electrons. The first-order valence-corrected chi connectivity index (χ1v) is 16.9. The Morgan fingerprint density at radius 3 is 2.56 bits per heavy atom. The molecule has 1 saturated heterocycles. The van der Waals surface area contributed by atoms with Gasteiger partial charge in [-0.15, -0.1) is 0 Å². The van der Waals surface area contributed by atoms with Crippen LogP contribution in [0.15, 0.2) is 53.4 Å². The van der Waals surface area contributed by atoms with E-state index in [-0.39, 0.29) is 5.75 Å². The van der Waals surface area contributed by atoms with Crippen LogP contribution in [0.1, 0.15) is 11.1 Å². The third-order valence-corrected chi connectivity index (χ3v) is 16.7. The summed E-state index contributed by atoms with van der Waals surface area (Å²) in [4.78, 5) is 7.63. The largest absolute Gasteiger partial charge is 0.377 e. The molecule has 0 amide bonds. The zero-order valence-electron chi connectivity index (χ0n) is 19.1. The van der Waals surface area contributed by atoms with E-state index >= 15 is 0 Å². The van der Waals surface area contributed by atoms with Gasteiger partial charge in [-0.2, -0.15) is 31.2 Å². The normalized spacial score (nSPS) is 23.2. The monoisotopic (exact) mass is 524 g/mol. The van der Waals surface area contributed by atoms with E-state index in [1.807, 2.05) is 43.3 Å². The summed E-state index contributed by atoms with van der Waals surface area (Å²) in [7, 11) is -6.64. The summed E-state index contributed by atoms with van der Waals surface area (Å²) in [6.45, 7) is 3.05. The Hall–Kier alpha value is -1.70. The van der Waals surface area contributed by atoms with Gasteiger partial charge in [0.05, 0.1) is 26.3 Å². The molecule has 1 aromatic heterocycles. The van der Waals surface area contributed by atoms with Crippen molar-refractivity contribution in [1.82, 2.24) is 4.98 Å². The van der Waals surface area contributed by atoms with Gasteiger partial charge in [-0.05, 0) is 30.7 Å². The number of nitrogens with two attached hydrogens (primary N) is 1. The average molecular weight is 525 g/mol. The van der Waals surface area contributed by atoms with Crippen LogP contribution in [0.3, 0.4) is 0 Å². The first-order valence-electron chi connectivity index (χ1n) is 11.0. The van der Waals surface area contributed by atoms with Crippen LogP contribution in [0.4, 0.5) is 11.5 Å². The smallest absolute Gasteiger partial charge is 0.131 e. The van der Waals surface area contributed by atoms with E-state index in [1.165, 1.54) is 0 Å². The molecule has 0 bridgehead atoms. The van der Waals surface area contributed by atoms with Crippen molar-refractivity contribution in [1.29, 1.82) is 0 Å². The van der Waals surface area contributed by atoms with Crippen molar-refractivity contribution in [3.05, 3.63) is 59.7 Å². The molecular weight excluding hydrogens is 492 g/mol. The quantitative estimate of drug-likeness (QED) is 0.260. The second-order valence-corrected chi connectivity index (χ2v) is 17.9. The van der Waals surface area contributed by atoms with Gasteiger partial charge in [0.1, 0.15) is 5.82 Å². The highest BCUT2D eigenvalue weighted by Crippen LogP contribution is 2.73. The molecule has 2 aliphatic heterocycles. The maximum absolute atomic E-state index is 10.7. The van der Waals surface area contributed by atoms with Crippen molar-refractivity contribution in [2.45, 2.75) is 18.4 Å². The van der Waals surface area contributed by atoms with Crippen LogP contribution in [0, 0.1) is 6.92 Å². The van der Waals surface area contributed by atoms with Crippen LogP contribution < -0.4 is 16.0 Å². The number of nitrogens with one attached hydrogen (secondary N) is 1. The van der Waals surface area contributed by atoms with Crippen LogP contribution in [-0.2, 0) is 6.54 Å². The van der Waals surface area contributed by atoms with Gasteiger partial charge in [0, 0.05) is 42.0 Å². The molecule has 2 aliphatic rings. The van der Waals surface area contributed by atoms with Gasteiger partial charge in [0.15, 0.2) is 0 Å². The van der Waals surface area contributed by atoms with Crippen LogP contribution in [-0.4, -0.2) is 57.4 Å². The van der Waals surface area contributed by atoms with Crippen LogP contribution >= 0.6 is 31.2 Å². The lowest BCUT2D eigenvalue weighted by atomic mass is 10.1. The summed E-state index contributed by atoms with van der Waals surface area (Å²) >= 11 is 0. The number of hydrogen-bond acceptors (Lipinski definition) is 8. The Bertz CT molecular complexity index is 1230. The standard InChI is InChI=1S/C23H32N4O4S3/c1-17-6-7-20-19(10-17)21(25-14-32(13-24)15-33(28,29)16-32)11-23(26-20)27-8-9-34(30,31)22-5-3-2-4-18(22)12-27/h2-7,10-11,28-31H,8-9,12-16,24H2,1H3,(H,25,26). The van der Waals surface area contributed by atoms with Gasteiger partial charge in [0.25, 0.3) is 0 Å². The second kappa shape index (κ2) is 8.75. The molecule has 0 saturated carbocycles. The van der Waals surface area contributed by atoms with E-state index < -0.39 is 31.2 Å². The fourth-order valence-electron chi connectivity index (χ4n) is 4.65. The van der Waals surface area contributed by atoms with Gasteiger partial charge in [-0.3, -0.25) is 18.2 Å². The number of pyridine rings is 1. The first-order chi connectivity index (χ1) is 16.1. The molecule has 3 aromatic rings. The molecule has 2 aromatic carbocycles. The van der Waals surface area contributed by atoms with Gasteiger partial charge >= 0.3 is 0 Å². The molecule has 0 aliphatic carbocycles. The first kappa shape index (κ1) is 24.0. The van der Waals surface area contributed by atoms with E-state index in [4.69, 9.17) is 10.7 Å². The minimum Gasteiger partial charge on any atom is -0.377 e. The number of rotatable bonds is 5. The fourth-order valence-corrected chi connectivity index (χ4v) is 14.3. The van der Waals surface area contributed by atoms with E-state index in [2.05, 4.69) is 16.3 Å². The molecular formula is C23H32N4O4S3. The summed E-state index contributed by atoms with van der Waals surface area (Å²) < 4.78 is 41.4. The van der Waals surface area contributed by atoms with E-state index in [1.54, 1.807) is 6.07 Å². The minimum atomic E-state index is -2.86. The Morgan fingerprint density at radius 2 is 1.82 bits per heavy atom. The Labute approximate surface area is 204 Å². The zero-order chi connectivity index (χ0) is 24.1. The molecule has 0 radical (unpaired) electrons. The Balaban J connectivity index is 1.50. The lowest BCUT2D eigenvalue weighted by molar-refractivity contribution is 0.487. The highest BCUT2D eigenvalue weighted by Gasteiger charge is 2.42. The summed E-state index contributed by atoms with van der Waals surface area (Å²) in [5.41, 5.74) is 9.85. The second-order valence-electron chi connectivity index (χ2n) is 9.20. The topological polar surface area (TPSA) is 135 Å². The highest BCUT2D eigenvalue weighted by molar-refractivity contribution is 8.59. The summed E-state index contributed by atoms with van der Waals surface area (Å²) in [5.74, 6) is 2.10. The van der Waals surface area contributed by atoms with Crippen molar-refractivity contribution in [2.75, 3.05) is 44.4 Å². The molecule has 7 N–H and O–H groups in total. The predicted molar refractivity (Wildman–Crippen MR) is 148 cm³/mol. The number of anilines is 2. The third-order valence-electron chi connectivity index (χ3n) is 6.41. The molecule has 0 spiro atoms. The minimum absolute atomic E-state index is 0.249. The van der Waals surface area contributed by atoms with Gasteiger partial charge in [-0.25, -0.2) is 4.98 Å². The molecule has 1 fully saturated rings. The lowest BCUT2D eigenvalue weighted by Gasteiger charge is -2.59. The molecule has 8 nitrogen and oxygen atoms in total. The molecule has 5 rings (SSSR count). The highest BCUT2D eigenvalue weighted by atomic mass is 32.4. The van der Waals surface area contributed by atoms with Gasteiger partial charge in [0.2, 0.25) is 0 Å². The van der Waals surface area contributed by atoms with Gasteiger partial charge < -0.3 is 16.0 Å². The fraction of sp³-hybridized carbons (Fsp3) is 0.348. The average Bonchev–Trinajstić information content (AvgIpc) is 2.92. The van der Waals surface area contributed by atoms with Crippen molar-refractivity contribution in [3.8, 4) is 0 Å². The SMILES string of the molecule is Cc1ccc2nc(N3CCS(O)(O)c4ccccc4C3)cc(NCS3(CN)CS(O)(O)C3)c2c1. The van der Waals surface area contributed by atoms with Crippen LogP contribution in [0.25, 0.3) is 10.9 Å². The maximum atomic E-state index is 10.7. The van der Waals surface area contributed by atoms with Gasteiger partial charge in [-0.1, -0.05) is 29.8 Å². The number of aromatic nitrogens is 1. The van der Waals surface area contributed by atoms with Crippen LogP contribution in [0.2, 0.25) is 0 Å². The maximum Gasteiger partial charge on any atom is 0.131 e. The Kier molecular flexibility index (Phi) is 6.18. The van der Waals surface area contributed by atoms with Crippen molar-refractivity contribution in [2.24, 2.45) is 5.73 Å². The summed E-state index contributed by atoms with van der Waals surface area (Å²) in [6.07, 6.45) is 0. The van der Waals surface area contributed by atoms with E-state index in [0.717, 1.165) is 33.5 Å². The zero-order valence-corrected chi connectivity index (χ0v) is 21.5. The molecule has 11 heteroatoms. The number of benzene rings is 2. The predicted octanol–water partition coefficient (Wildman–Crippen LogP) is 5.44. The lowest BCUT2D eigenvalue weighted by Crippen LogP contribution is -2.38. The molecule has 3 heterocycles. The van der Waals surface area contributed by atoms with Crippen molar-refractivity contribution >= 4 is 53.6 Å². The number of fused-ring (bicyclic) bond motifs is 2. The summed E-state index contributed by atoms with van der Waals surface area (Å²) in [6, 6.07) is 15.6.